The number of rotatable bonds is 3. The first-order valence-electron chi connectivity index (χ1n) is 4.55. The number of amides is 1. The maximum atomic E-state index is 11.4. The van der Waals surface area contributed by atoms with Gasteiger partial charge in [0.1, 0.15) is 5.69 Å². The summed E-state index contributed by atoms with van der Waals surface area (Å²) in [6.45, 7) is 5.70. The van der Waals surface area contributed by atoms with Gasteiger partial charge in [-0.1, -0.05) is 0 Å². The van der Waals surface area contributed by atoms with Crippen LogP contribution in [0.1, 0.15) is 40.4 Å². The van der Waals surface area contributed by atoms with Crippen molar-refractivity contribution in [2.75, 3.05) is 6.54 Å². The average Bonchev–Trinajstić information content (AvgIpc) is 2.48. The quantitative estimate of drug-likeness (QED) is 0.712. The molecule has 1 aromatic rings. The third-order valence-electron chi connectivity index (χ3n) is 1.95. The Hall–Kier alpha value is -1.58. The fourth-order valence-electron chi connectivity index (χ4n) is 1.30. The maximum absolute atomic E-state index is 11.4. The predicted molar refractivity (Wildman–Crippen MR) is 53.5 cm³/mol. The number of ketones is 1. The van der Waals surface area contributed by atoms with Crippen LogP contribution in [0.15, 0.2) is 6.07 Å². The Bertz CT molecular complexity index is 366. The molecule has 0 fully saturated rings. The molecular formula is C10H14N2O2. The van der Waals surface area contributed by atoms with Crippen LogP contribution < -0.4 is 5.32 Å². The highest BCUT2D eigenvalue weighted by molar-refractivity contribution is 5.98. The molecule has 0 spiro atoms. The number of hydrogen-bond donors (Lipinski definition) is 2. The van der Waals surface area contributed by atoms with Gasteiger partial charge in [0, 0.05) is 13.5 Å². The van der Waals surface area contributed by atoms with E-state index in [-0.39, 0.29) is 11.7 Å². The second kappa shape index (κ2) is 4.09. The summed E-state index contributed by atoms with van der Waals surface area (Å²) in [4.78, 5) is 25.3. The lowest BCUT2D eigenvalue weighted by Gasteiger charge is -1.97. The van der Waals surface area contributed by atoms with Crippen molar-refractivity contribution in [3.8, 4) is 0 Å². The number of H-pyrrole nitrogens is 1. The first-order valence-corrected chi connectivity index (χ1v) is 4.55. The number of aromatic nitrogens is 1. The Labute approximate surface area is 82.7 Å². The summed E-state index contributed by atoms with van der Waals surface area (Å²) in [5.74, 6) is -0.235. The van der Waals surface area contributed by atoms with Crippen molar-refractivity contribution in [2.24, 2.45) is 0 Å². The topological polar surface area (TPSA) is 62.0 Å². The highest BCUT2D eigenvalue weighted by atomic mass is 16.2. The number of aryl methyl sites for hydroxylation is 1. The van der Waals surface area contributed by atoms with E-state index in [2.05, 4.69) is 10.3 Å². The molecule has 1 amide bonds. The van der Waals surface area contributed by atoms with Gasteiger partial charge in [0.15, 0.2) is 5.78 Å². The molecular weight excluding hydrogens is 180 g/mol. The Kier molecular flexibility index (Phi) is 3.06. The molecule has 0 radical (unpaired) electrons. The highest BCUT2D eigenvalue weighted by Crippen LogP contribution is 2.10. The second-order valence-corrected chi connectivity index (χ2v) is 3.16. The number of hydrogen-bond acceptors (Lipinski definition) is 2. The standard InChI is InChI=1S/C10H14N2O2/c1-4-11-10(14)8-5-6(2)9(12-8)7(3)13/h5,12H,4H2,1-3H3,(H,11,14). The minimum Gasteiger partial charge on any atom is -0.351 e. The molecule has 0 aliphatic carbocycles. The Balaban J connectivity index is 2.96. The third-order valence-corrected chi connectivity index (χ3v) is 1.95. The van der Waals surface area contributed by atoms with Crippen molar-refractivity contribution in [1.82, 2.24) is 10.3 Å². The van der Waals surface area contributed by atoms with Crippen molar-refractivity contribution in [2.45, 2.75) is 20.8 Å². The predicted octanol–water partition coefficient (Wildman–Crippen LogP) is 1.28. The van der Waals surface area contributed by atoms with Crippen LogP contribution in [0, 0.1) is 6.92 Å². The van der Waals surface area contributed by atoms with Gasteiger partial charge in [-0.2, -0.15) is 0 Å². The van der Waals surface area contributed by atoms with E-state index in [1.54, 1.807) is 13.0 Å². The van der Waals surface area contributed by atoms with E-state index in [9.17, 15) is 9.59 Å². The van der Waals surface area contributed by atoms with Gasteiger partial charge in [0.2, 0.25) is 0 Å². The lowest BCUT2D eigenvalue weighted by molar-refractivity contribution is 0.0951. The number of nitrogens with one attached hydrogen (secondary N) is 2. The zero-order valence-corrected chi connectivity index (χ0v) is 8.60. The lowest BCUT2D eigenvalue weighted by Crippen LogP contribution is -2.23. The molecule has 0 saturated heterocycles. The number of Topliss-reactive ketones (excluding diaryl/α,β-unsaturated/α-hetero) is 1. The van der Waals surface area contributed by atoms with Crippen LogP contribution in [-0.2, 0) is 0 Å². The molecule has 1 rings (SSSR count). The SMILES string of the molecule is CCNC(=O)c1cc(C)c(C(C)=O)[nH]1. The van der Waals surface area contributed by atoms with Crippen molar-refractivity contribution in [1.29, 1.82) is 0 Å². The second-order valence-electron chi connectivity index (χ2n) is 3.16. The van der Waals surface area contributed by atoms with Gasteiger partial charge in [0.05, 0.1) is 5.69 Å². The fraction of sp³-hybridized carbons (Fsp3) is 0.400. The molecule has 0 aromatic carbocycles. The Morgan fingerprint density at radius 2 is 2.14 bits per heavy atom. The minimum atomic E-state index is -0.178. The number of carbonyl (C=O) groups excluding carboxylic acids is 2. The van der Waals surface area contributed by atoms with E-state index in [1.807, 2.05) is 6.92 Å². The molecule has 0 unspecified atom stereocenters. The van der Waals surface area contributed by atoms with Gasteiger partial charge in [0.25, 0.3) is 5.91 Å². The van der Waals surface area contributed by atoms with Gasteiger partial charge in [-0.3, -0.25) is 9.59 Å². The summed E-state index contributed by atoms with van der Waals surface area (Å²) in [7, 11) is 0. The van der Waals surface area contributed by atoms with Gasteiger partial charge < -0.3 is 10.3 Å². The first-order chi connectivity index (χ1) is 6.56. The molecule has 14 heavy (non-hydrogen) atoms. The van der Waals surface area contributed by atoms with Crippen LogP contribution in [0.3, 0.4) is 0 Å². The van der Waals surface area contributed by atoms with E-state index in [1.165, 1.54) is 6.92 Å². The van der Waals surface area contributed by atoms with Crippen LogP contribution in [0.2, 0.25) is 0 Å². The Morgan fingerprint density at radius 3 is 2.57 bits per heavy atom. The Morgan fingerprint density at radius 1 is 1.50 bits per heavy atom. The van der Waals surface area contributed by atoms with E-state index in [0.29, 0.717) is 17.9 Å². The average molecular weight is 194 g/mol. The summed E-state index contributed by atoms with van der Waals surface area (Å²) >= 11 is 0. The lowest BCUT2D eigenvalue weighted by atomic mass is 10.2. The summed E-state index contributed by atoms with van der Waals surface area (Å²) in [5.41, 5.74) is 1.75. The normalized spacial score (nSPS) is 9.93. The van der Waals surface area contributed by atoms with Gasteiger partial charge >= 0.3 is 0 Å². The molecule has 76 valence electrons. The number of aromatic amines is 1. The van der Waals surface area contributed by atoms with E-state index in [0.717, 1.165) is 5.56 Å². The summed E-state index contributed by atoms with van der Waals surface area (Å²) in [5, 5.41) is 2.66. The van der Waals surface area contributed by atoms with Crippen molar-refractivity contribution >= 4 is 11.7 Å². The van der Waals surface area contributed by atoms with Crippen LogP contribution in [0.25, 0.3) is 0 Å². The molecule has 0 aliphatic heterocycles. The third kappa shape index (κ3) is 2.02. The van der Waals surface area contributed by atoms with E-state index in [4.69, 9.17) is 0 Å². The van der Waals surface area contributed by atoms with Gasteiger partial charge in [-0.15, -0.1) is 0 Å². The fourth-order valence-corrected chi connectivity index (χ4v) is 1.30. The minimum absolute atomic E-state index is 0.0574. The summed E-state index contributed by atoms with van der Waals surface area (Å²) in [6, 6.07) is 1.68. The molecule has 4 nitrogen and oxygen atoms in total. The largest absolute Gasteiger partial charge is 0.351 e. The number of carbonyl (C=O) groups is 2. The van der Waals surface area contributed by atoms with Crippen molar-refractivity contribution in [3.63, 3.8) is 0 Å². The van der Waals surface area contributed by atoms with Crippen LogP contribution in [-0.4, -0.2) is 23.2 Å². The molecule has 4 heteroatoms. The van der Waals surface area contributed by atoms with Crippen LogP contribution >= 0.6 is 0 Å². The molecule has 0 atom stereocenters. The summed E-state index contributed by atoms with van der Waals surface area (Å²) in [6.07, 6.45) is 0. The van der Waals surface area contributed by atoms with Crippen molar-refractivity contribution < 1.29 is 9.59 Å². The zero-order chi connectivity index (χ0) is 10.7. The molecule has 1 aromatic heterocycles. The smallest absolute Gasteiger partial charge is 0.267 e. The van der Waals surface area contributed by atoms with Crippen molar-refractivity contribution in [3.05, 3.63) is 23.0 Å². The molecule has 0 aliphatic rings. The molecule has 0 saturated carbocycles. The molecule has 0 bridgehead atoms. The monoisotopic (exact) mass is 194 g/mol. The van der Waals surface area contributed by atoms with E-state index < -0.39 is 0 Å². The van der Waals surface area contributed by atoms with Crippen LogP contribution in [0.4, 0.5) is 0 Å². The maximum Gasteiger partial charge on any atom is 0.267 e. The molecule has 1 heterocycles. The van der Waals surface area contributed by atoms with E-state index >= 15 is 0 Å². The van der Waals surface area contributed by atoms with Gasteiger partial charge in [-0.05, 0) is 25.5 Å². The van der Waals surface area contributed by atoms with Crippen LogP contribution in [0.5, 0.6) is 0 Å². The highest BCUT2D eigenvalue weighted by Gasteiger charge is 2.12. The summed E-state index contributed by atoms with van der Waals surface area (Å²) < 4.78 is 0. The molecule has 2 N–H and O–H groups in total. The zero-order valence-electron chi connectivity index (χ0n) is 8.60. The first kappa shape index (κ1) is 10.5. The van der Waals surface area contributed by atoms with Gasteiger partial charge in [-0.25, -0.2) is 0 Å².